The summed E-state index contributed by atoms with van der Waals surface area (Å²) in [6.45, 7) is 8.44. The Morgan fingerprint density at radius 1 is 1.44 bits per heavy atom. The molecule has 2 amide bonds. The average Bonchev–Trinajstić information content (AvgIpc) is 3.12. The van der Waals surface area contributed by atoms with Crippen molar-refractivity contribution in [2.45, 2.75) is 77.5 Å². The largest absolute Gasteiger partial charge is 0.375 e. The van der Waals surface area contributed by atoms with Gasteiger partial charge in [-0.05, 0) is 51.5 Å². The lowest BCUT2D eigenvalue weighted by molar-refractivity contribution is -0.0820. The highest BCUT2D eigenvalue weighted by Gasteiger charge is 2.40. The van der Waals surface area contributed by atoms with Crippen LogP contribution in [0.5, 0.6) is 0 Å². The van der Waals surface area contributed by atoms with Crippen LogP contribution in [0, 0.1) is 19.8 Å². The second-order valence-electron chi connectivity index (χ2n) is 8.00. The Balaban J connectivity index is 1.41. The lowest BCUT2D eigenvalue weighted by atomic mass is 9.89. The minimum absolute atomic E-state index is 0.0406. The monoisotopic (exact) mass is 348 g/mol. The smallest absolute Gasteiger partial charge is 0.315 e. The Labute approximate surface area is 150 Å². The van der Waals surface area contributed by atoms with Crippen LogP contribution in [-0.4, -0.2) is 40.6 Å². The van der Waals surface area contributed by atoms with E-state index in [9.17, 15) is 4.79 Å². The first-order valence-corrected chi connectivity index (χ1v) is 9.65. The van der Waals surface area contributed by atoms with Crippen LogP contribution in [0.2, 0.25) is 0 Å². The highest BCUT2D eigenvalue weighted by atomic mass is 16.5. The second-order valence-corrected chi connectivity index (χ2v) is 8.00. The van der Waals surface area contributed by atoms with E-state index in [2.05, 4.69) is 35.6 Å². The molecule has 1 aromatic heterocycles. The number of carbonyl (C=O) groups is 1. The van der Waals surface area contributed by atoms with E-state index in [1.54, 1.807) is 0 Å². The van der Waals surface area contributed by atoms with Gasteiger partial charge >= 0.3 is 6.03 Å². The molecule has 1 aliphatic carbocycles. The number of nitrogens with zero attached hydrogens (tertiary/aromatic N) is 2. The molecular weight excluding hydrogens is 316 g/mol. The van der Waals surface area contributed by atoms with Gasteiger partial charge < -0.3 is 15.4 Å². The summed E-state index contributed by atoms with van der Waals surface area (Å²) >= 11 is 0. The molecule has 3 rings (SSSR count). The fourth-order valence-corrected chi connectivity index (χ4v) is 4.24. The van der Waals surface area contributed by atoms with E-state index < -0.39 is 0 Å². The van der Waals surface area contributed by atoms with Crippen molar-refractivity contribution in [3.05, 3.63) is 17.5 Å². The summed E-state index contributed by atoms with van der Waals surface area (Å²) in [5, 5.41) is 10.7. The quantitative estimate of drug-likeness (QED) is 0.860. The molecule has 25 heavy (non-hydrogen) atoms. The summed E-state index contributed by atoms with van der Waals surface area (Å²) in [5.41, 5.74) is 2.24. The molecule has 1 aromatic rings. The Bertz CT molecular complexity index is 592. The van der Waals surface area contributed by atoms with Gasteiger partial charge in [-0.3, -0.25) is 4.68 Å². The molecule has 0 aromatic carbocycles. The maximum absolute atomic E-state index is 12.3. The minimum atomic E-state index is -0.0553. The van der Waals surface area contributed by atoms with Gasteiger partial charge in [0, 0.05) is 31.4 Å². The van der Waals surface area contributed by atoms with Crippen LogP contribution >= 0.6 is 0 Å². The number of amides is 2. The molecule has 2 atom stereocenters. The maximum Gasteiger partial charge on any atom is 0.315 e. The van der Waals surface area contributed by atoms with Crippen LogP contribution in [0.1, 0.15) is 56.8 Å². The topological polar surface area (TPSA) is 68.2 Å². The number of urea groups is 1. The number of carbonyl (C=O) groups excluding carboxylic acids is 1. The highest BCUT2D eigenvalue weighted by Crippen LogP contribution is 2.39. The Morgan fingerprint density at radius 2 is 2.20 bits per heavy atom. The van der Waals surface area contributed by atoms with E-state index in [4.69, 9.17) is 4.74 Å². The molecule has 1 saturated heterocycles. The van der Waals surface area contributed by atoms with Crippen LogP contribution in [0.4, 0.5) is 4.79 Å². The second kappa shape index (κ2) is 7.77. The van der Waals surface area contributed by atoms with Gasteiger partial charge in [0.05, 0.1) is 11.3 Å². The number of nitrogens with one attached hydrogen (secondary N) is 2. The molecule has 2 N–H and O–H groups in total. The fraction of sp³-hybridized carbons (Fsp3) is 0.789. The summed E-state index contributed by atoms with van der Waals surface area (Å²) in [7, 11) is 0. The standard InChI is InChI=1S/C19H32N4O2/c1-14(13-23-16(3)10-15(2)22-23)12-20-18(24)21-17-6-9-25-19(11-17)7-4-5-8-19/h10,14,17H,4-9,11-13H2,1-3H3,(H2,20,21,24). The molecule has 6 nitrogen and oxygen atoms in total. The van der Waals surface area contributed by atoms with Gasteiger partial charge in [0.15, 0.2) is 0 Å². The lowest BCUT2D eigenvalue weighted by Crippen LogP contribution is -2.50. The number of hydrogen-bond donors (Lipinski definition) is 2. The van der Waals surface area contributed by atoms with Crippen LogP contribution in [0.25, 0.3) is 0 Å². The van der Waals surface area contributed by atoms with E-state index >= 15 is 0 Å². The summed E-state index contributed by atoms with van der Waals surface area (Å²) in [6.07, 6.45) is 6.67. The third-order valence-electron chi connectivity index (χ3n) is 5.54. The number of ether oxygens (including phenoxy) is 1. The molecule has 1 saturated carbocycles. The van der Waals surface area contributed by atoms with E-state index in [0.717, 1.165) is 50.2 Å². The fourth-order valence-electron chi connectivity index (χ4n) is 4.24. The van der Waals surface area contributed by atoms with Crippen molar-refractivity contribution in [2.75, 3.05) is 13.2 Å². The van der Waals surface area contributed by atoms with Gasteiger partial charge in [-0.25, -0.2) is 4.79 Å². The molecule has 140 valence electrons. The molecule has 2 fully saturated rings. The predicted molar refractivity (Wildman–Crippen MR) is 97.6 cm³/mol. The third kappa shape index (κ3) is 4.75. The van der Waals surface area contributed by atoms with Crippen LogP contribution in [0.3, 0.4) is 0 Å². The first-order chi connectivity index (χ1) is 12.0. The van der Waals surface area contributed by atoms with Crippen molar-refractivity contribution in [3.8, 4) is 0 Å². The van der Waals surface area contributed by atoms with Crippen molar-refractivity contribution < 1.29 is 9.53 Å². The minimum Gasteiger partial charge on any atom is -0.375 e. The van der Waals surface area contributed by atoms with Crippen molar-refractivity contribution >= 4 is 6.03 Å². The molecular formula is C19H32N4O2. The summed E-state index contributed by atoms with van der Waals surface area (Å²) < 4.78 is 8.05. The molecule has 1 aliphatic heterocycles. The van der Waals surface area contributed by atoms with Gasteiger partial charge in [0.2, 0.25) is 0 Å². The van der Waals surface area contributed by atoms with Crippen molar-refractivity contribution in [3.63, 3.8) is 0 Å². The Kier molecular flexibility index (Phi) is 5.67. The van der Waals surface area contributed by atoms with Crippen LogP contribution < -0.4 is 10.6 Å². The molecule has 0 bridgehead atoms. The summed E-state index contributed by atoms with van der Waals surface area (Å²) in [6, 6.07) is 2.26. The first kappa shape index (κ1) is 18.2. The summed E-state index contributed by atoms with van der Waals surface area (Å²) in [4.78, 5) is 12.3. The van der Waals surface area contributed by atoms with Gasteiger partial charge in [0.1, 0.15) is 0 Å². The lowest BCUT2D eigenvalue weighted by Gasteiger charge is -2.38. The van der Waals surface area contributed by atoms with Crippen molar-refractivity contribution in [1.82, 2.24) is 20.4 Å². The first-order valence-electron chi connectivity index (χ1n) is 9.65. The van der Waals surface area contributed by atoms with Crippen molar-refractivity contribution in [2.24, 2.45) is 5.92 Å². The van der Waals surface area contributed by atoms with E-state index in [1.807, 2.05) is 11.6 Å². The molecule has 2 aliphatic rings. The average molecular weight is 348 g/mol. The normalized spacial score (nSPS) is 23.6. The number of aromatic nitrogens is 2. The zero-order valence-electron chi connectivity index (χ0n) is 15.8. The molecule has 1 spiro atoms. The number of aryl methyl sites for hydroxylation is 2. The van der Waals surface area contributed by atoms with Crippen molar-refractivity contribution in [1.29, 1.82) is 0 Å². The van der Waals surface area contributed by atoms with E-state index in [1.165, 1.54) is 12.8 Å². The van der Waals surface area contributed by atoms with Gasteiger partial charge in [-0.2, -0.15) is 5.10 Å². The van der Waals surface area contributed by atoms with E-state index in [-0.39, 0.29) is 17.7 Å². The molecule has 6 heteroatoms. The third-order valence-corrected chi connectivity index (χ3v) is 5.54. The number of rotatable bonds is 5. The zero-order chi connectivity index (χ0) is 17.9. The Hall–Kier alpha value is -1.56. The molecule has 2 heterocycles. The predicted octanol–water partition coefficient (Wildman–Crippen LogP) is 2.93. The maximum atomic E-state index is 12.3. The molecule has 2 unspecified atom stereocenters. The summed E-state index contributed by atoms with van der Waals surface area (Å²) in [5.74, 6) is 0.333. The SMILES string of the molecule is Cc1cc(C)n(CC(C)CNC(=O)NC2CCOC3(CCCC3)C2)n1. The number of hydrogen-bond acceptors (Lipinski definition) is 3. The van der Waals surface area contributed by atoms with Gasteiger partial charge in [-0.15, -0.1) is 0 Å². The van der Waals surface area contributed by atoms with Crippen LogP contribution in [-0.2, 0) is 11.3 Å². The zero-order valence-corrected chi connectivity index (χ0v) is 15.8. The highest BCUT2D eigenvalue weighted by molar-refractivity contribution is 5.74. The molecule has 0 radical (unpaired) electrons. The van der Waals surface area contributed by atoms with E-state index in [0.29, 0.717) is 12.5 Å². The van der Waals surface area contributed by atoms with Gasteiger partial charge in [0.25, 0.3) is 0 Å². The van der Waals surface area contributed by atoms with Gasteiger partial charge in [-0.1, -0.05) is 19.8 Å². The Morgan fingerprint density at radius 3 is 2.88 bits per heavy atom. The van der Waals surface area contributed by atoms with Crippen LogP contribution in [0.15, 0.2) is 6.07 Å².